The first-order valence-corrected chi connectivity index (χ1v) is 10.2. The van der Waals surface area contributed by atoms with Crippen molar-refractivity contribution in [1.29, 1.82) is 0 Å². The first kappa shape index (κ1) is 20.1. The van der Waals surface area contributed by atoms with Crippen LogP contribution in [0.15, 0.2) is 46.7 Å². The standard InChI is InChI=1S/C17H20N2O5S2/c1-18-26(22,23)15-7-4-13(5-8-15)6-9-17(21)24-12-16(20)19-11-14-3-2-10-25-14/h2-5,7-8,10,18H,6,9,11-12H2,1H3,(H,19,20). The van der Waals surface area contributed by atoms with Gasteiger partial charge in [0.15, 0.2) is 6.61 Å². The fourth-order valence-electron chi connectivity index (χ4n) is 2.07. The van der Waals surface area contributed by atoms with Crippen LogP contribution in [0.2, 0.25) is 0 Å². The Kier molecular flexibility index (Phi) is 7.31. The van der Waals surface area contributed by atoms with Gasteiger partial charge in [-0.25, -0.2) is 13.1 Å². The van der Waals surface area contributed by atoms with E-state index in [0.29, 0.717) is 13.0 Å². The molecule has 0 aliphatic carbocycles. The smallest absolute Gasteiger partial charge is 0.306 e. The second kappa shape index (κ2) is 9.46. The van der Waals surface area contributed by atoms with Gasteiger partial charge in [0.2, 0.25) is 10.0 Å². The van der Waals surface area contributed by atoms with Gasteiger partial charge in [-0.1, -0.05) is 18.2 Å². The summed E-state index contributed by atoms with van der Waals surface area (Å²) >= 11 is 1.53. The highest BCUT2D eigenvalue weighted by molar-refractivity contribution is 7.89. The zero-order valence-corrected chi connectivity index (χ0v) is 15.9. The number of hydrogen-bond acceptors (Lipinski definition) is 6. The van der Waals surface area contributed by atoms with Crippen molar-refractivity contribution in [2.75, 3.05) is 13.7 Å². The number of carbonyl (C=O) groups is 2. The summed E-state index contributed by atoms with van der Waals surface area (Å²) in [4.78, 5) is 24.5. The number of ether oxygens (including phenoxy) is 1. The van der Waals surface area contributed by atoms with Gasteiger partial charge < -0.3 is 10.1 Å². The van der Waals surface area contributed by atoms with Crippen molar-refractivity contribution in [1.82, 2.24) is 10.0 Å². The predicted molar refractivity (Wildman–Crippen MR) is 98.1 cm³/mol. The maximum Gasteiger partial charge on any atom is 0.306 e. The topological polar surface area (TPSA) is 102 Å². The van der Waals surface area contributed by atoms with Gasteiger partial charge in [0.05, 0.1) is 11.4 Å². The first-order valence-electron chi connectivity index (χ1n) is 7.88. The van der Waals surface area contributed by atoms with E-state index in [4.69, 9.17) is 4.74 Å². The zero-order chi connectivity index (χ0) is 19.0. The molecule has 9 heteroatoms. The number of thiophene rings is 1. The number of benzene rings is 1. The molecule has 140 valence electrons. The quantitative estimate of drug-likeness (QED) is 0.625. The van der Waals surface area contributed by atoms with Gasteiger partial charge in [-0.3, -0.25) is 9.59 Å². The van der Waals surface area contributed by atoms with E-state index in [1.807, 2.05) is 17.5 Å². The van der Waals surface area contributed by atoms with Gasteiger partial charge >= 0.3 is 5.97 Å². The number of nitrogens with one attached hydrogen (secondary N) is 2. The summed E-state index contributed by atoms with van der Waals surface area (Å²) < 4.78 is 30.4. The molecule has 0 bridgehead atoms. The van der Waals surface area contributed by atoms with E-state index in [1.54, 1.807) is 12.1 Å². The minimum Gasteiger partial charge on any atom is -0.456 e. The minimum atomic E-state index is -3.47. The van der Waals surface area contributed by atoms with Crippen LogP contribution >= 0.6 is 11.3 Å². The molecule has 0 saturated heterocycles. The molecule has 1 heterocycles. The van der Waals surface area contributed by atoms with E-state index in [-0.39, 0.29) is 23.8 Å². The minimum absolute atomic E-state index is 0.107. The molecule has 0 saturated carbocycles. The molecule has 0 unspecified atom stereocenters. The Morgan fingerprint density at radius 1 is 1.15 bits per heavy atom. The molecule has 2 rings (SSSR count). The van der Waals surface area contributed by atoms with Crippen LogP contribution in [0, 0.1) is 0 Å². The molecule has 0 spiro atoms. The summed E-state index contributed by atoms with van der Waals surface area (Å²) in [6.07, 6.45) is 0.506. The van der Waals surface area contributed by atoms with Crippen molar-refractivity contribution >= 4 is 33.2 Å². The Morgan fingerprint density at radius 2 is 1.88 bits per heavy atom. The molecule has 1 aromatic heterocycles. The second-order valence-electron chi connectivity index (χ2n) is 5.37. The van der Waals surface area contributed by atoms with Gasteiger partial charge in [-0.15, -0.1) is 11.3 Å². The van der Waals surface area contributed by atoms with Gasteiger partial charge in [-0.05, 0) is 42.6 Å². The lowest BCUT2D eigenvalue weighted by molar-refractivity contribution is -0.148. The molecule has 0 aliphatic heterocycles. The number of aryl methyl sites for hydroxylation is 1. The molecular weight excluding hydrogens is 376 g/mol. The summed E-state index contributed by atoms with van der Waals surface area (Å²) in [5, 5.41) is 4.59. The third kappa shape index (κ3) is 6.25. The fraction of sp³-hybridized carbons (Fsp3) is 0.294. The number of carbonyl (C=O) groups excluding carboxylic acids is 2. The fourth-order valence-corrected chi connectivity index (χ4v) is 3.44. The van der Waals surface area contributed by atoms with Crippen molar-refractivity contribution in [3.05, 3.63) is 52.2 Å². The van der Waals surface area contributed by atoms with Crippen LogP contribution in [0.1, 0.15) is 16.9 Å². The summed E-state index contributed by atoms with van der Waals surface area (Å²) in [6, 6.07) is 10.0. The third-order valence-electron chi connectivity index (χ3n) is 3.52. The molecule has 2 aromatic rings. The van der Waals surface area contributed by atoms with Crippen LogP contribution in [-0.2, 0) is 37.3 Å². The molecule has 0 aliphatic rings. The maximum atomic E-state index is 11.7. The summed E-state index contributed by atoms with van der Waals surface area (Å²) in [6.45, 7) is 0.0967. The van der Waals surface area contributed by atoms with E-state index in [1.165, 1.54) is 30.5 Å². The molecule has 2 N–H and O–H groups in total. The lowest BCUT2D eigenvalue weighted by Crippen LogP contribution is -2.28. The van der Waals surface area contributed by atoms with Crippen LogP contribution in [0.25, 0.3) is 0 Å². The second-order valence-corrected chi connectivity index (χ2v) is 8.29. The summed E-state index contributed by atoms with van der Waals surface area (Å²) in [5.41, 5.74) is 0.805. The van der Waals surface area contributed by atoms with Crippen LogP contribution in [0.3, 0.4) is 0 Å². The molecule has 26 heavy (non-hydrogen) atoms. The summed E-state index contributed by atoms with van der Waals surface area (Å²) in [5.74, 6) is -0.837. The third-order valence-corrected chi connectivity index (χ3v) is 5.83. The highest BCUT2D eigenvalue weighted by atomic mass is 32.2. The predicted octanol–water partition coefficient (Wildman–Crippen LogP) is 1.45. The molecule has 0 atom stereocenters. The van der Waals surface area contributed by atoms with Crippen LogP contribution in [0.5, 0.6) is 0 Å². The van der Waals surface area contributed by atoms with Gasteiger partial charge in [-0.2, -0.15) is 0 Å². The van der Waals surface area contributed by atoms with E-state index in [9.17, 15) is 18.0 Å². The lowest BCUT2D eigenvalue weighted by Gasteiger charge is -2.07. The number of rotatable bonds is 9. The highest BCUT2D eigenvalue weighted by Gasteiger charge is 2.11. The monoisotopic (exact) mass is 396 g/mol. The molecule has 1 amide bonds. The van der Waals surface area contributed by atoms with Crippen LogP contribution in [0.4, 0.5) is 0 Å². The number of hydrogen-bond donors (Lipinski definition) is 2. The van der Waals surface area contributed by atoms with Crippen molar-refractivity contribution in [3.63, 3.8) is 0 Å². The molecule has 1 aromatic carbocycles. The number of esters is 1. The van der Waals surface area contributed by atoms with E-state index in [2.05, 4.69) is 10.0 Å². The highest BCUT2D eigenvalue weighted by Crippen LogP contribution is 2.12. The molecule has 7 nitrogen and oxygen atoms in total. The van der Waals surface area contributed by atoms with E-state index < -0.39 is 16.0 Å². The van der Waals surface area contributed by atoms with Crippen molar-refractivity contribution < 1.29 is 22.7 Å². The van der Waals surface area contributed by atoms with E-state index in [0.717, 1.165) is 10.4 Å². The average Bonchev–Trinajstić information content (AvgIpc) is 3.17. The van der Waals surface area contributed by atoms with Crippen LogP contribution in [-0.4, -0.2) is 33.9 Å². The Hall–Kier alpha value is -2.23. The Labute approximate surface area is 156 Å². The van der Waals surface area contributed by atoms with E-state index >= 15 is 0 Å². The Bertz CT molecular complexity index is 831. The normalized spacial score (nSPS) is 11.1. The Balaban J connectivity index is 1.70. The number of amides is 1. The SMILES string of the molecule is CNS(=O)(=O)c1ccc(CCC(=O)OCC(=O)NCc2cccs2)cc1. The van der Waals surface area contributed by atoms with Gasteiger partial charge in [0.25, 0.3) is 5.91 Å². The van der Waals surface area contributed by atoms with Gasteiger partial charge in [0, 0.05) is 11.3 Å². The summed E-state index contributed by atoms with van der Waals surface area (Å²) in [7, 11) is -2.13. The lowest BCUT2D eigenvalue weighted by atomic mass is 10.1. The molecular formula is C17H20N2O5S2. The van der Waals surface area contributed by atoms with Crippen LogP contribution < -0.4 is 10.0 Å². The van der Waals surface area contributed by atoms with Gasteiger partial charge in [0.1, 0.15) is 0 Å². The van der Waals surface area contributed by atoms with Crippen molar-refractivity contribution in [3.8, 4) is 0 Å². The number of sulfonamides is 1. The largest absolute Gasteiger partial charge is 0.456 e. The zero-order valence-electron chi connectivity index (χ0n) is 14.2. The Morgan fingerprint density at radius 3 is 2.50 bits per heavy atom. The van der Waals surface area contributed by atoms with Crippen molar-refractivity contribution in [2.45, 2.75) is 24.3 Å². The van der Waals surface area contributed by atoms with Crippen molar-refractivity contribution in [2.24, 2.45) is 0 Å². The first-order chi connectivity index (χ1) is 12.4. The average molecular weight is 396 g/mol. The molecule has 0 fully saturated rings. The maximum absolute atomic E-state index is 11.7. The molecule has 0 radical (unpaired) electrons.